The van der Waals surface area contributed by atoms with Crippen molar-refractivity contribution in [3.05, 3.63) is 57.2 Å². The second-order valence-electron chi connectivity index (χ2n) is 5.37. The second-order valence-corrected chi connectivity index (χ2v) is 6.73. The number of carbonyl (C=O) groups is 1. The SMILES string of the molecule is O=C(NCC(c1ccccc1Cl)N1CCOCC1)c1cccs1. The second kappa shape index (κ2) is 7.93. The molecule has 1 amide bonds. The number of amides is 1. The molecule has 0 bridgehead atoms. The summed E-state index contributed by atoms with van der Waals surface area (Å²) in [5.41, 5.74) is 1.04. The maximum atomic E-state index is 12.2. The van der Waals surface area contributed by atoms with E-state index in [0.717, 1.165) is 28.6 Å². The maximum Gasteiger partial charge on any atom is 0.261 e. The van der Waals surface area contributed by atoms with Gasteiger partial charge in [-0.05, 0) is 23.1 Å². The molecule has 0 spiro atoms. The Morgan fingerprint density at radius 3 is 2.74 bits per heavy atom. The van der Waals surface area contributed by atoms with E-state index in [-0.39, 0.29) is 11.9 Å². The third kappa shape index (κ3) is 4.12. The molecule has 3 rings (SSSR count). The highest BCUT2D eigenvalue weighted by atomic mass is 35.5. The summed E-state index contributed by atoms with van der Waals surface area (Å²) < 4.78 is 5.44. The zero-order valence-electron chi connectivity index (χ0n) is 12.7. The topological polar surface area (TPSA) is 41.6 Å². The number of thiophene rings is 1. The number of carbonyl (C=O) groups excluding carboxylic acids is 1. The molecule has 4 nitrogen and oxygen atoms in total. The molecular formula is C17H19ClN2O2S. The van der Waals surface area contributed by atoms with E-state index in [1.54, 1.807) is 0 Å². The van der Waals surface area contributed by atoms with Gasteiger partial charge in [-0.1, -0.05) is 35.9 Å². The molecule has 1 aromatic heterocycles. The summed E-state index contributed by atoms with van der Waals surface area (Å²) in [5.74, 6) is -0.0367. The molecular weight excluding hydrogens is 332 g/mol. The van der Waals surface area contributed by atoms with E-state index >= 15 is 0 Å². The molecule has 2 heterocycles. The molecule has 0 radical (unpaired) electrons. The van der Waals surface area contributed by atoms with E-state index in [1.807, 2.05) is 41.8 Å². The Morgan fingerprint density at radius 1 is 1.26 bits per heavy atom. The van der Waals surface area contributed by atoms with Crippen LogP contribution in [-0.4, -0.2) is 43.7 Å². The van der Waals surface area contributed by atoms with Crippen molar-refractivity contribution < 1.29 is 9.53 Å². The van der Waals surface area contributed by atoms with E-state index in [1.165, 1.54) is 11.3 Å². The van der Waals surface area contributed by atoms with Crippen LogP contribution in [0.2, 0.25) is 5.02 Å². The lowest BCUT2D eigenvalue weighted by atomic mass is 10.0. The zero-order valence-corrected chi connectivity index (χ0v) is 14.3. The highest BCUT2D eigenvalue weighted by Crippen LogP contribution is 2.27. The van der Waals surface area contributed by atoms with Gasteiger partial charge in [0.1, 0.15) is 0 Å². The monoisotopic (exact) mass is 350 g/mol. The van der Waals surface area contributed by atoms with Gasteiger partial charge in [-0.15, -0.1) is 11.3 Å². The summed E-state index contributed by atoms with van der Waals surface area (Å²) in [6, 6.07) is 11.6. The van der Waals surface area contributed by atoms with Crippen LogP contribution in [-0.2, 0) is 4.74 Å². The van der Waals surface area contributed by atoms with E-state index in [4.69, 9.17) is 16.3 Å². The first-order valence-electron chi connectivity index (χ1n) is 7.63. The van der Waals surface area contributed by atoms with Gasteiger partial charge in [-0.2, -0.15) is 0 Å². The minimum Gasteiger partial charge on any atom is -0.379 e. The fraction of sp³-hybridized carbons (Fsp3) is 0.353. The zero-order chi connectivity index (χ0) is 16.1. The number of halogens is 1. The molecule has 1 fully saturated rings. The Morgan fingerprint density at radius 2 is 2.04 bits per heavy atom. The smallest absolute Gasteiger partial charge is 0.261 e. The average Bonchev–Trinajstić information content (AvgIpc) is 3.12. The third-order valence-electron chi connectivity index (χ3n) is 3.95. The first-order chi connectivity index (χ1) is 11.3. The lowest BCUT2D eigenvalue weighted by Gasteiger charge is -2.35. The number of nitrogens with one attached hydrogen (secondary N) is 1. The van der Waals surface area contributed by atoms with Crippen LogP contribution in [0.15, 0.2) is 41.8 Å². The molecule has 1 N–H and O–H groups in total. The quantitative estimate of drug-likeness (QED) is 0.900. The van der Waals surface area contributed by atoms with Crippen molar-refractivity contribution >= 4 is 28.8 Å². The van der Waals surface area contributed by atoms with Crippen molar-refractivity contribution in [2.75, 3.05) is 32.8 Å². The van der Waals surface area contributed by atoms with Crippen molar-refractivity contribution in [2.24, 2.45) is 0 Å². The van der Waals surface area contributed by atoms with Crippen LogP contribution in [0.5, 0.6) is 0 Å². The molecule has 0 aliphatic carbocycles. The first-order valence-corrected chi connectivity index (χ1v) is 8.89. The molecule has 1 saturated heterocycles. The number of hydrogen-bond acceptors (Lipinski definition) is 4. The molecule has 122 valence electrons. The Labute approximate surface area is 145 Å². The van der Waals surface area contributed by atoms with Gasteiger partial charge in [0.15, 0.2) is 0 Å². The van der Waals surface area contributed by atoms with Crippen LogP contribution >= 0.6 is 22.9 Å². The summed E-state index contributed by atoms with van der Waals surface area (Å²) in [6.45, 7) is 3.62. The summed E-state index contributed by atoms with van der Waals surface area (Å²) >= 11 is 7.83. The molecule has 1 aromatic carbocycles. The summed E-state index contributed by atoms with van der Waals surface area (Å²) in [7, 11) is 0. The lowest BCUT2D eigenvalue weighted by molar-refractivity contribution is 0.0162. The van der Waals surface area contributed by atoms with Crippen LogP contribution in [0, 0.1) is 0 Å². The van der Waals surface area contributed by atoms with Gasteiger partial charge in [-0.3, -0.25) is 9.69 Å². The van der Waals surface area contributed by atoms with Crippen LogP contribution in [0.4, 0.5) is 0 Å². The number of morpholine rings is 1. The van der Waals surface area contributed by atoms with Crippen LogP contribution in [0.1, 0.15) is 21.3 Å². The molecule has 23 heavy (non-hydrogen) atoms. The highest BCUT2D eigenvalue weighted by Gasteiger charge is 2.25. The van der Waals surface area contributed by atoms with E-state index in [9.17, 15) is 4.79 Å². The first kappa shape index (κ1) is 16.5. The molecule has 6 heteroatoms. The van der Waals surface area contributed by atoms with E-state index in [2.05, 4.69) is 10.2 Å². The Hall–Kier alpha value is -1.40. The molecule has 1 aliphatic rings. The summed E-state index contributed by atoms with van der Waals surface area (Å²) in [5, 5.41) is 5.67. The summed E-state index contributed by atoms with van der Waals surface area (Å²) in [6.07, 6.45) is 0. The van der Waals surface area contributed by atoms with E-state index in [0.29, 0.717) is 19.8 Å². The van der Waals surface area contributed by atoms with Crippen LogP contribution in [0.3, 0.4) is 0 Å². The average molecular weight is 351 g/mol. The van der Waals surface area contributed by atoms with Gasteiger partial charge in [0, 0.05) is 24.7 Å². The standard InChI is InChI=1S/C17H19ClN2O2S/c18-14-5-2-1-4-13(14)15(20-7-9-22-10-8-20)12-19-17(21)16-6-3-11-23-16/h1-6,11,15H,7-10,12H2,(H,19,21). The molecule has 1 atom stereocenters. The fourth-order valence-electron chi connectivity index (χ4n) is 2.75. The van der Waals surface area contributed by atoms with Gasteiger partial charge in [-0.25, -0.2) is 0 Å². The van der Waals surface area contributed by atoms with Crippen molar-refractivity contribution in [1.82, 2.24) is 10.2 Å². The number of ether oxygens (including phenoxy) is 1. The lowest BCUT2D eigenvalue weighted by Crippen LogP contribution is -2.43. The highest BCUT2D eigenvalue weighted by molar-refractivity contribution is 7.12. The number of nitrogens with zero attached hydrogens (tertiary/aromatic N) is 1. The minimum atomic E-state index is -0.0367. The minimum absolute atomic E-state index is 0.0367. The van der Waals surface area contributed by atoms with Gasteiger partial charge in [0.2, 0.25) is 0 Å². The van der Waals surface area contributed by atoms with Gasteiger partial charge >= 0.3 is 0 Å². The van der Waals surface area contributed by atoms with Gasteiger partial charge in [0.25, 0.3) is 5.91 Å². The third-order valence-corrected chi connectivity index (χ3v) is 5.16. The van der Waals surface area contributed by atoms with Crippen molar-refractivity contribution in [1.29, 1.82) is 0 Å². The number of benzene rings is 1. The maximum absolute atomic E-state index is 12.2. The predicted molar refractivity (Wildman–Crippen MR) is 93.2 cm³/mol. The van der Waals surface area contributed by atoms with Crippen molar-refractivity contribution in [2.45, 2.75) is 6.04 Å². The van der Waals surface area contributed by atoms with Gasteiger partial charge in [0.05, 0.1) is 24.1 Å². The molecule has 2 aromatic rings. The Bertz CT molecular complexity index is 642. The fourth-order valence-corrected chi connectivity index (χ4v) is 3.66. The Balaban J connectivity index is 1.75. The molecule has 0 saturated carbocycles. The van der Waals surface area contributed by atoms with Crippen molar-refractivity contribution in [3.63, 3.8) is 0 Å². The van der Waals surface area contributed by atoms with E-state index < -0.39 is 0 Å². The molecule has 1 unspecified atom stereocenters. The largest absolute Gasteiger partial charge is 0.379 e. The number of rotatable bonds is 5. The summed E-state index contributed by atoms with van der Waals surface area (Å²) in [4.78, 5) is 15.3. The van der Waals surface area contributed by atoms with Crippen LogP contribution in [0.25, 0.3) is 0 Å². The normalized spacial score (nSPS) is 16.9. The molecule has 1 aliphatic heterocycles. The number of hydrogen-bond donors (Lipinski definition) is 1. The predicted octanol–water partition coefficient (Wildman–Crippen LogP) is 3.20. The van der Waals surface area contributed by atoms with Gasteiger partial charge < -0.3 is 10.1 Å². The van der Waals surface area contributed by atoms with Crippen molar-refractivity contribution in [3.8, 4) is 0 Å². The van der Waals surface area contributed by atoms with Crippen LogP contribution < -0.4 is 5.32 Å². The Kier molecular flexibility index (Phi) is 5.67.